The van der Waals surface area contributed by atoms with Crippen LogP contribution in [0.15, 0.2) is 85.1 Å². The summed E-state index contributed by atoms with van der Waals surface area (Å²) in [7, 11) is -4.45. The van der Waals surface area contributed by atoms with Crippen LogP contribution in [-0.4, -0.2) is 54.3 Å². The molecule has 9 nitrogen and oxygen atoms in total. The maximum atomic E-state index is 12.1. The molecule has 61 heavy (non-hydrogen) atoms. The van der Waals surface area contributed by atoms with Crippen molar-refractivity contribution in [3.63, 3.8) is 0 Å². The Hall–Kier alpha value is -2.81. The number of phosphoric acid groups is 1. The lowest BCUT2D eigenvalue weighted by atomic mass is 10.0. The van der Waals surface area contributed by atoms with E-state index in [1.54, 1.807) is 6.08 Å². The maximum Gasteiger partial charge on any atom is 0.472 e. The van der Waals surface area contributed by atoms with Crippen LogP contribution in [0.5, 0.6) is 0 Å². The fraction of sp³-hybridized carbons (Fsp3) is 0.686. The predicted molar refractivity (Wildman–Crippen MR) is 256 cm³/mol. The average Bonchev–Trinajstić information content (AvgIpc) is 3.25. The minimum atomic E-state index is -4.45. The lowest BCUT2D eigenvalue weighted by Crippen LogP contribution is -2.26. The number of aliphatic hydroxyl groups is 1. The molecule has 2 atom stereocenters. The third kappa shape index (κ3) is 48.1. The third-order valence-corrected chi connectivity index (χ3v) is 10.9. The molecule has 0 aliphatic rings. The normalized spacial score (nSPS) is 14.0. The van der Waals surface area contributed by atoms with Crippen LogP contribution in [-0.2, 0) is 27.9 Å². The molecule has 0 spiro atoms. The number of hydrogen-bond donors (Lipinski definition) is 3. The average molecular weight is 874 g/mol. The second-order valence-corrected chi connectivity index (χ2v) is 17.2. The van der Waals surface area contributed by atoms with E-state index in [2.05, 4.69) is 86.0 Å². The molecule has 2 unspecified atom stereocenters. The number of phosphoric ester groups is 1. The summed E-state index contributed by atoms with van der Waals surface area (Å²) in [6.45, 7) is 3.32. The summed E-state index contributed by atoms with van der Waals surface area (Å²) in [6.07, 6.45) is 59.8. The highest BCUT2D eigenvalue weighted by atomic mass is 31.2. The maximum absolute atomic E-state index is 12.1. The molecule has 0 heterocycles. The van der Waals surface area contributed by atoms with Crippen LogP contribution in [0.25, 0.3) is 0 Å². The van der Waals surface area contributed by atoms with Gasteiger partial charge in [-0.25, -0.2) is 4.57 Å². The summed E-state index contributed by atoms with van der Waals surface area (Å²) < 4.78 is 26.9. The number of ether oxygens (including phenoxy) is 1. The van der Waals surface area contributed by atoms with Crippen molar-refractivity contribution in [2.75, 3.05) is 26.4 Å². The molecule has 0 aliphatic carbocycles. The van der Waals surface area contributed by atoms with Crippen molar-refractivity contribution in [3.8, 4) is 0 Å². The number of nitrogens with one attached hydrogen (secondary N) is 1. The number of allylic oxidation sites excluding steroid dienone is 13. The molecule has 0 radical (unpaired) electrons. The molecule has 0 rings (SSSR count). The molecule has 1 amide bonds. The van der Waals surface area contributed by atoms with Crippen molar-refractivity contribution in [2.24, 2.45) is 0 Å². The zero-order valence-electron chi connectivity index (χ0n) is 38.6. The van der Waals surface area contributed by atoms with Crippen LogP contribution < -0.4 is 5.32 Å². The molecule has 0 aromatic carbocycles. The largest absolute Gasteiger partial charge is 0.472 e. The van der Waals surface area contributed by atoms with Gasteiger partial charge in [-0.15, -0.1) is 0 Å². The Balaban J connectivity index is 3.70. The first kappa shape index (κ1) is 58.2. The molecular weight excluding hydrogens is 786 g/mol. The Morgan fingerprint density at radius 2 is 0.902 bits per heavy atom. The first-order valence-corrected chi connectivity index (χ1v) is 25.6. The standard InChI is InChI=1S/C51H88NO8P/c1-3-5-7-9-11-13-15-17-19-21-23-24-26-27-29-31-33-35-37-39-41-43-50(54)52-45-46-59-61(56,57)60-48-49(53)47-58-51(55)44-42-40-38-36-34-32-30-28-25-22-20-18-16-14-12-10-8-6-4-2/h5,7,11,13,17,19,23-24,27,29,33,35,39,41,49,53H,3-4,6,8-10,12,14-16,18,20-22,25-26,28,30-32,34,36-38,40,42-48H2,1-2H3,(H,52,54)(H,56,57)/b7-5-,13-11-,19-17-,24-23-,29-27-,35-33-,41-39-. The van der Waals surface area contributed by atoms with Crippen molar-refractivity contribution in [3.05, 3.63) is 85.1 Å². The molecule has 10 heteroatoms. The van der Waals surface area contributed by atoms with Crippen LogP contribution >= 0.6 is 7.82 Å². The summed E-state index contributed by atoms with van der Waals surface area (Å²) >= 11 is 0. The first-order valence-electron chi connectivity index (χ1n) is 24.1. The van der Waals surface area contributed by atoms with E-state index >= 15 is 0 Å². The van der Waals surface area contributed by atoms with Gasteiger partial charge >= 0.3 is 13.8 Å². The van der Waals surface area contributed by atoms with Crippen molar-refractivity contribution in [1.29, 1.82) is 0 Å². The lowest BCUT2D eigenvalue weighted by Gasteiger charge is -2.15. The molecule has 0 saturated carbocycles. The highest BCUT2D eigenvalue weighted by Crippen LogP contribution is 2.42. The zero-order valence-corrected chi connectivity index (χ0v) is 39.5. The van der Waals surface area contributed by atoms with Gasteiger partial charge in [0.25, 0.3) is 0 Å². The third-order valence-electron chi connectivity index (χ3n) is 9.87. The topological polar surface area (TPSA) is 131 Å². The number of aliphatic hydroxyl groups excluding tert-OH is 1. The smallest absolute Gasteiger partial charge is 0.463 e. The van der Waals surface area contributed by atoms with E-state index in [4.69, 9.17) is 13.8 Å². The number of amides is 1. The minimum absolute atomic E-state index is 0.0212. The number of carbonyl (C=O) groups is 2. The van der Waals surface area contributed by atoms with Gasteiger partial charge in [-0.2, -0.15) is 0 Å². The quantitative estimate of drug-likeness (QED) is 0.0239. The van der Waals surface area contributed by atoms with Gasteiger partial charge in [0, 0.05) is 19.4 Å². The summed E-state index contributed by atoms with van der Waals surface area (Å²) in [4.78, 5) is 33.9. The number of rotatable bonds is 44. The molecule has 3 N–H and O–H groups in total. The van der Waals surface area contributed by atoms with Crippen molar-refractivity contribution in [2.45, 2.75) is 200 Å². The van der Waals surface area contributed by atoms with Crippen LogP contribution in [0.2, 0.25) is 0 Å². The molecule has 0 fully saturated rings. The fourth-order valence-corrected chi connectivity index (χ4v) is 7.04. The van der Waals surface area contributed by atoms with E-state index in [1.807, 2.05) is 12.2 Å². The summed E-state index contributed by atoms with van der Waals surface area (Å²) in [5, 5.41) is 12.7. The molecule has 0 bridgehead atoms. The zero-order chi connectivity index (χ0) is 44.6. The number of esters is 1. The number of carbonyl (C=O) groups excluding carboxylic acids is 2. The molecule has 0 aromatic rings. The van der Waals surface area contributed by atoms with E-state index in [-0.39, 0.29) is 38.5 Å². The fourth-order valence-electron chi connectivity index (χ4n) is 6.28. The molecule has 0 aliphatic heterocycles. The van der Waals surface area contributed by atoms with Gasteiger partial charge in [-0.05, 0) is 51.4 Å². The van der Waals surface area contributed by atoms with Crippen LogP contribution in [0, 0.1) is 0 Å². The van der Waals surface area contributed by atoms with E-state index in [1.165, 1.54) is 103 Å². The predicted octanol–water partition coefficient (Wildman–Crippen LogP) is 14.0. The van der Waals surface area contributed by atoms with E-state index in [9.17, 15) is 24.2 Å². The Bertz CT molecular complexity index is 1270. The second-order valence-electron chi connectivity index (χ2n) is 15.7. The lowest BCUT2D eigenvalue weighted by molar-refractivity contribution is -0.147. The second kappa shape index (κ2) is 46.7. The van der Waals surface area contributed by atoms with Gasteiger partial charge in [-0.1, -0.05) is 214 Å². The Kier molecular flexibility index (Phi) is 44.5. The Morgan fingerprint density at radius 3 is 1.31 bits per heavy atom. The number of unbranched alkanes of at least 4 members (excludes halogenated alkanes) is 18. The van der Waals surface area contributed by atoms with Gasteiger partial charge in [0.15, 0.2) is 0 Å². The van der Waals surface area contributed by atoms with Crippen molar-refractivity contribution < 1.29 is 37.9 Å². The highest BCUT2D eigenvalue weighted by molar-refractivity contribution is 7.47. The Morgan fingerprint density at radius 1 is 0.525 bits per heavy atom. The van der Waals surface area contributed by atoms with Gasteiger partial charge in [0.1, 0.15) is 12.7 Å². The minimum Gasteiger partial charge on any atom is -0.463 e. The first-order chi connectivity index (χ1) is 29.8. The SMILES string of the molecule is CC/C=C\C/C=C\C/C=C\C/C=C\C/C=C\C/C=C\C/C=C\CC(=O)NCCOP(=O)(O)OCC(O)COC(=O)CCCCCCCCCCCCCCCCCCCCC. The van der Waals surface area contributed by atoms with Crippen LogP contribution in [0.3, 0.4) is 0 Å². The summed E-state index contributed by atoms with van der Waals surface area (Å²) in [5.41, 5.74) is 0. The van der Waals surface area contributed by atoms with E-state index in [0.717, 1.165) is 64.2 Å². The monoisotopic (exact) mass is 874 g/mol. The van der Waals surface area contributed by atoms with E-state index < -0.39 is 26.5 Å². The Labute approximate surface area is 373 Å². The van der Waals surface area contributed by atoms with Crippen LogP contribution in [0.4, 0.5) is 0 Å². The van der Waals surface area contributed by atoms with Gasteiger partial charge < -0.3 is 20.1 Å². The van der Waals surface area contributed by atoms with Gasteiger partial charge in [0.2, 0.25) is 5.91 Å². The molecule has 0 aromatic heterocycles. The van der Waals surface area contributed by atoms with Gasteiger partial charge in [0.05, 0.1) is 13.2 Å². The molecule has 350 valence electrons. The molecule has 0 saturated heterocycles. The van der Waals surface area contributed by atoms with Crippen LogP contribution in [0.1, 0.15) is 194 Å². The highest BCUT2D eigenvalue weighted by Gasteiger charge is 2.23. The van der Waals surface area contributed by atoms with Gasteiger partial charge in [-0.3, -0.25) is 18.6 Å². The number of hydrogen-bond acceptors (Lipinski definition) is 7. The molecular formula is C51H88NO8P. The summed E-state index contributed by atoms with van der Waals surface area (Å²) in [6, 6.07) is 0. The van der Waals surface area contributed by atoms with Crippen molar-refractivity contribution in [1.82, 2.24) is 5.32 Å². The van der Waals surface area contributed by atoms with Crippen molar-refractivity contribution >= 4 is 19.7 Å². The van der Waals surface area contributed by atoms with E-state index in [0.29, 0.717) is 0 Å². The summed E-state index contributed by atoms with van der Waals surface area (Å²) in [5.74, 6) is -0.650.